The number of benzene rings is 1. The number of fused-ring (bicyclic) bond motifs is 2. The van der Waals surface area contributed by atoms with E-state index in [1.807, 2.05) is 42.6 Å². The van der Waals surface area contributed by atoms with Gasteiger partial charge in [-0.1, -0.05) is 12.5 Å². The quantitative estimate of drug-likeness (QED) is 0.657. The van der Waals surface area contributed by atoms with Crippen LogP contribution in [0.5, 0.6) is 5.75 Å². The van der Waals surface area contributed by atoms with Crippen molar-refractivity contribution < 1.29 is 9.53 Å². The second kappa shape index (κ2) is 10.0. The maximum Gasteiger partial charge on any atom is 0.251 e. The Balaban J connectivity index is 1.03. The molecule has 0 radical (unpaired) electrons. The maximum absolute atomic E-state index is 12.5. The molecular formula is C27H35N3O2. The van der Waals surface area contributed by atoms with Crippen LogP contribution >= 0.6 is 0 Å². The summed E-state index contributed by atoms with van der Waals surface area (Å²) in [7, 11) is 0. The molecule has 5 heteroatoms. The largest absolute Gasteiger partial charge is 0.490 e. The van der Waals surface area contributed by atoms with Crippen molar-refractivity contribution in [2.45, 2.75) is 57.6 Å². The van der Waals surface area contributed by atoms with E-state index in [4.69, 9.17) is 4.74 Å². The number of piperidine rings is 1. The van der Waals surface area contributed by atoms with Crippen LogP contribution in [0.4, 0.5) is 0 Å². The Hall–Kier alpha value is -2.40. The van der Waals surface area contributed by atoms with Crippen LogP contribution in [-0.4, -0.2) is 41.5 Å². The van der Waals surface area contributed by atoms with Crippen LogP contribution in [0.1, 0.15) is 61.0 Å². The second-order valence-corrected chi connectivity index (χ2v) is 9.92. The number of nitrogens with zero attached hydrogens (tertiary/aromatic N) is 2. The lowest BCUT2D eigenvalue weighted by atomic mass is 9.86. The average Bonchev–Trinajstić information content (AvgIpc) is 3.45. The van der Waals surface area contributed by atoms with Crippen molar-refractivity contribution in [3.8, 4) is 5.75 Å². The van der Waals surface area contributed by atoms with Gasteiger partial charge in [-0.05, 0) is 92.7 Å². The number of nitrogens with one attached hydrogen (secondary N) is 1. The van der Waals surface area contributed by atoms with E-state index in [0.717, 1.165) is 80.2 Å². The lowest BCUT2D eigenvalue weighted by molar-refractivity contribution is 0.0946. The third-order valence-corrected chi connectivity index (χ3v) is 7.75. The van der Waals surface area contributed by atoms with E-state index < -0.39 is 0 Å². The Morgan fingerprint density at radius 2 is 1.88 bits per heavy atom. The SMILES string of the molecule is O=C(NCC[C@@H]1C[C@@H]2CC[C@H]1C2)c1ccc(OC2CCN(Cc3ccccn3)CC2)cc1. The highest BCUT2D eigenvalue weighted by Crippen LogP contribution is 2.49. The molecule has 2 heterocycles. The minimum absolute atomic E-state index is 0.0301. The van der Waals surface area contributed by atoms with Crippen LogP contribution in [0.3, 0.4) is 0 Å². The Morgan fingerprint density at radius 3 is 2.56 bits per heavy atom. The number of ether oxygens (including phenoxy) is 1. The second-order valence-electron chi connectivity index (χ2n) is 9.92. The van der Waals surface area contributed by atoms with E-state index in [9.17, 15) is 4.79 Å². The Labute approximate surface area is 191 Å². The van der Waals surface area contributed by atoms with Gasteiger partial charge in [-0.2, -0.15) is 0 Å². The van der Waals surface area contributed by atoms with Crippen molar-refractivity contribution in [2.75, 3.05) is 19.6 Å². The van der Waals surface area contributed by atoms with E-state index in [2.05, 4.69) is 21.3 Å². The first-order chi connectivity index (χ1) is 15.7. The van der Waals surface area contributed by atoms with Crippen LogP contribution in [0.2, 0.25) is 0 Å². The van der Waals surface area contributed by atoms with Gasteiger partial charge in [-0.15, -0.1) is 0 Å². The van der Waals surface area contributed by atoms with Gasteiger partial charge in [0.1, 0.15) is 11.9 Å². The molecule has 1 aliphatic heterocycles. The minimum atomic E-state index is 0.0301. The fraction of sp³-hybridized carbons (Fsp3) is 0.556. The summed E-state index contributed by atoms with van der Waals surface area (Å²) in [6, 6.07) is 13.7. The molecule has 1 aromatic carbocycles. The van der Waals surface area contributed by atoms with Crippen LogP contribution in [0, 0.1) is 17.8 Å². The summed E-state index contributed by atoms with van der Waals surface area (Å²) in [6.07, 6.45) is 10.9. The van der Waals surface area contributed by atoms with E-state index in [1.54, 1.807) is 0 Å². The zero-order valence-electron chi connectivity index (χ0n) is 18.9. The number of aromatic nitrogens is 1. The van der Waals surface area contributed by atoms with Gasteiger partial charge >= 0.3 is 0 Å². The summed E-state index contributed by atoms with van der Waals surface area (Å²) >= 11 is 0. The van der Waals surface area contributed by atoms with Gasteiger partial charge in [0.05, 0.1) is 5.69 Å². The molecule has 0 spiro atoms. The zero-order valence-corrected chi connectivity index (χ0v) is 18.9. The standard InChI is InChI=1S/C27H35N3O2/c31-27(29-14-10-23-18-20-4-5-22(23)17-20)21-6-8-25(9-7-21)32-26-11-15-30(16-12-26)19-24-3-1-2-13-28-24/h1-3,6-9,13,20,22-23,26H,4-5,10-12,14-19H2,(H,29,31)/t20-,22+,23-/m1/s1. The smallest absolute Gasteiger partial charge is 0.251 e. The van der Waals surface area contributed by atoms with Crippen molar-refractivity contribution in [1.82, 2.24) is 15.2 Å². The number of rotatable bonds is 8. The van der Waals surface area contributed by atoms with Gasteiger partial charge in [-0.25, -0.2) is 0 Å². The van der Waals surface area contributed by atoms with E-state index in [-0.39, 0.29) is 12.0 Å². The predicted octanol–water partition coefficient (Wildman–Crippen LogP) is 4.68. The average molecular weight is 434 g/mol. The molecule has 32 heavy (non-hydrogen) atoms. The molecule has 5 rings (SSSR count). The molecule has 170 valence electrons. The molecule has 2 aromatic rings. The first kappa shape index (κ1) is 21.4. The van der Waals surface area contributed by atoms with Gasteiger partial charge in [0.25, 0.3) is 5.91 Å². The topological polar surface area (TPSA) is 54.5 Å². The Bertz CT molecular complexity index is 878. The molecule has 3 atom stereocenters. The van der Waals surface area contributed by atoms with E-state index in [0.29, 0.717) is 0 Å². The predicted molar refractivity (Wildman–Crippen MR) is 125 cm³/mol. The fourth-order valence-electron chi connectivity index (χ4n) is 5.99. The molecule has 1 aromatic heterocycles. The van der Waals surface area contributed by atoms with Crippen LogP contribution in [0.15, 0.2) is 48.7 Å². The normalized spacial score (nSPS) is 25.7. The van der Waals surface area contributed by atoms with Gasteiger partial charge in [-0.3, -0.25) is 14.7 Å². The fourth-order valence-corrected chi connectivity index (χ4v) is 5.99. The van der Waals surface area contributed by atoms with E-state index >= 15 is 0 Å². The molecule has 2 saturated carbocycles. The van der Waals surface area contributed by atoms with Gasteiger partial charge in [0, 0.05) is 37.9 Å². The summed E-state index contributed by atoms with van der Waals surface area (Å²) in [5.74, 6) is 3.62. The molecule has 5 nitrogen and oxygen atoms in total. The third kappa shape index (κ3) is 5.32. The first-order valence-electron chi connectivity index (χ1n) is 12.4. The third-order valence-electron chi connectivity index (χ3n) is 7.75. The molecule has 1 amide bonds. The summed E-state index contributed by atoms with van der Waals surface area (Å²) in [5.41, 5.74) is 1.84. The molecule has 0 unspecified atom stereocenters. The number of pyridine rings is 1. The minimum Gasteiger partial charge on any atom is -0.490 e. The summed E-state index contributed by atoms with van der Waals surface area (Å²) in [5, 5.41) is 3.12. The van der Waals surface area contributed by atoms with Crippen molar-refractivity contribution >= 4 is 5.91 Å². The monoisotopic (exact) mass is 433 g/mol. The highest BCUT2D eigenvalue weighted by molar-refractivity contribution is 5.94. The van der Waals surface area contributed by atoms with Gasteiger partial charge in [0.2, 0.25) is 0 Å². The van der Waals surface area contributed by atoms with Crippen molar-refractivity contribution in [1.29, 1.82) is 0 Å². The van der Waals surface area contributed by atoms with Gasteiger partial charge in [0.15, 0.2) is 0 Å². The summed E-state index contributed by atoms with van der Waals surface area (Å²) in [4.78, 5) is 19.4. The lowest BCUT2D eigenvalue weighted by Gasteiger charge is -2.31. The van der Waals surface area contributed by atoms with Gasteiger partial charge < -0.3 is 10.1 Å². The number of hydrogen-bond acceptors (Lipinski definition) is 4. The summed E-state index contributed by atoms with van der Waals surface area (Å²) in [6.45, 7) is 3.73. The molecule has 3 fully saturated rings. The van der Waals surface area contributed by atoms with Crippen molar-refractivity contribution in [2.24, 2.45) is 17.8 Å². The highest BCUT2D eigenvalue weighted by Gasteiger charge is 2.38. The molecule has 2 aliphatic carbocycles. The number of amides is 1. The molecule has 1 saturated heterocycles. The van der Waals surface area contributed by atoms with E-state index in [1.165, 1.54) is 25.7 Å². The molecule has 1 N–H and O–H groups in total. The number of likely N-dealkylation sites (tertiary alicyclic amines) is 1. The van der Waals surface area contributed by atoms with Crippen LogP contribution in [-0.2, 0) is 6.54 Å². The van der Waals surface area contributed by atoms with Crippen LogP contribution < -0.4 is 10.1 Å². The number of hydrogen-bond donors (Lipinski definition) is 1. The van der Waals surface area contributed by atoms with Crippen LogP contribution in [0.25, 0.3) is 0 Å². The van der Waals surface area contributed by atoms with Crippen molar-refractivity contribution in [3.05, 3.63) is 59.9 Å². The number of carbonyl (C=O) groups excluding carboxylic acids is 1. The zero-order chi connectivity index (χ0) is 21.8. The Morgan fingerprint density at radius 1 is 1.03 bits per heavy atom. The highest BCUT2D eigenvalue weighted by atomic mass is 16.5. The van der Waals surface area contributed by atoms with Crippen molar-refractivity contribution in [3.63, 3.8) is 0 Å². The molecular weight excluding hydrogens is 398 g/mol. The lowest BCUT2D eigenvalue weighted by Crippen LogP contribution is -2.37. The Kier molecular flexibility index (Phi) is 6.72. The molecule has 2 bridgehead atoms. The first-order valence-corrected chi connectivity index (χ1v) is 12.4. The maximum atomic E-state index is 12.5. The summed E-state index contributed by atoms with van der Waals surface area (Å²) < 4.78 is 6.19. The molecule has 3 aliphatic rings. The number of carbonyl (C=O) groups is 1.